The highest BCUT2D eigenvalue weighted by atomic mass is 32.2. The summed E-state index contributed by atoms with van der Waals surface area (Å²) >= 11 is 2.87. The van der Waals surface area contributed by atoms with E-state index in [2.05, 4.69) is 6.58 Å². The molecule has 8 heteroatoms. The van der Waals surface area contributed by atoms with E-state index < -0.39 is 23.5 Å². The molecule has 0 nitrogen and oxygen atoms in total. The van der Waals surface area contributed by atoms with Gasteiger partial charge in [0.15, 0.2) is 0 Å². The maximum Gasteiger partial charge on any atom is 0.416 e. The van der Waals surface area contributed by atoms with Crippen LogP contribution in [0.2, 0.25) is 0 Å². The molecule has 0 aliphatic carbocycles. The molecule has 4 aromatic rings. The summed E-state index contributed by atoms with van der Waals surface area (Å²) in [6.07, 6.45) is -6.83. The third-order valence-electron chi connectivity index (χ3n) is 5.59. The Morgan fingerprint density at radius 1 is 0.649 bits per heavy atom. The van der Waals surface area contributed by atoms with Gasteiger partial charge in [0.05, 0.1) is 11.1 Å². The second kappa shape index (κ2) is 10.6. The first-order valence-corrected chi connectivity index (χ1v) is 12.7. The lowest BCUT2D eigenvalue weighted by Crippen LogP contribution is -2.04. The largest absolute Gasteiger partial charge is 0.416 e. The van der Waals surface area contributed by atoms with Crippen molar-refractivity contribution >= 4 is 32.9 Å². The minimum atomic E-state index is -4.38. The lowest BCUT2D eigenvalue weighted by atomic mass is 10.1. The molecule has 0 unspecified atom stereocenters. The van der Waals surface area contributed by atoms with Crippen molar-refractivity contribution in [2.75, 3.05) is 0 Å². The van der Waals surface area contributed by atoms with Crippen molar-refractivity contribution in [2.24, 2.45) is 0 Å². The Morgan fingerprint density at radius 3 is 1.49 bits per heavy atom. The van der Waals surface area contributed by atoms with Crippen LogP contribution in [0.15, 0.2) is 97.6 Å². The molecule has 4 rings (SSSR count). The van der Waals surface area contributed by atoms with Gasteiger partial charge in [0.1, 0.15) is 0 Å². The molecule has 37 heavy (non-hydrogen) atoms. The summed E-state index contributed by atoms with van der Waals surface area (Å²) in [5, 5.41) is 0. The molecule has 0 atom stereocenters. The lowest BCUT2D eigenvalue weighted by Gasteiger charge is -2.12. The summed E-state index contributed by atoms with van der Waals surface area (Å²) in [6, 6.07) is 21.7. The predicted molar refractivity (Wildman–Crippen MR) is 142 cm³/mol. The number of allylic oxidation sites excluding steroid dienone is 1. The second-order valence-electron chi connectivity index (χ2n) is 8.07. The van der Waals surface area contributed by atoms with Crippen molar-refractivity contribution < 1.29 is 26.3 Å². The smallest absolute Gasteiger partial charge is 0.166 e. The van der Waals surface area contributed by atoms with Crippen molar-refractivity contribution in [3.63, 3.8) is 0 Å². The zero-order chi connectivity index (χ0) is 26.8. The van der Waals surface area contributed by atoms with Gasteiger partial charge >= 0.3 is 12.4 Å². The van der Waals surface area contributed by atoms with Crippen molar-refractivity contribution in [1.29, 1.82) is 0 Å². The Balaban J connectivity index is 1.46. The number of benzene rings is 3. The van der Waals surface area contributed by atoms with Crippen LogP contribution < -0.4 is 0 Å². The Labute approximate surface area is 219 Å². The van der Waals surface area contributed by atoms with Crippen LogP contribution >= 0.6 is 23.1 Å². The maximum absolute atomic E-state index is 12.8. The molecule has 0 fully saturated rings. The molecule has 0 spiro atoms. The number of hydrogen-bond donors (Lipinski definition) is 0. The first-order chi connectivity index (χ1) is 17.5. The average Bonchev–Trinajstić information content (AvgIpc) is 3.37. The topological polar surface area (TPSA) is 0 Å². The van der Waals surface area contributed by atoms with E-state index >= 15 is 0 Å². The maximum atomic E-state index is 12.8. The van der Waals surface area contributed by atoms with Gasteiger partial charge in [-0.1, -0.05) is 72.9 Å². The van der Waals surface area contributed by atoms with Crippen LogP contribution in [0.5, 0.6) is 0 Å². The first kappa shape index (κ1) is 26.8. The molecule has 0 amide bonds. The van der Waals surface area contributed by atoms with Crippen LogP contribution in [0, 0.1) is 0 Å². The SMILES string of the molecule is C=C(S/C(=C\C)c1ccc(-c2ccc(-c3ccc(C(F)(F)F)cc3)s2)cc1)c1ccc(C(F)(F)F)cc1. The van der Waals surface area contributed by atoms with E-state index in [-0.39, 0.29) is 0 Å². The van der Waals surface area contributed by atoms with E-state index in [0.717, 1.165) is 55.6 Å². The normalized spacial score (nSPS) is 12.6. The van der Waals surface area contributed by atoms with Gasteiger partial charge in [-0.15, -0.1) is 11.3 Å². The summed E-state index contributed by atoms with van der Waals surface area (Å²) in [4.78, 5) is 3.38. The standard InChI is InChI=1S/C29H20F6S2/c1-3-25(36-18(2)19-8-12-23(13-9-19)28(30,31)32)20-4-6-21(7-5-20)26-16-17-27(37-26)22-10-14-24(15-11-22)29(33,34)35/h3-17H,2H2,1H3/b25-3-. The fourth-order valence-electron chi connectivity index (χ4n) is 3.59. The van der Waals surface area contributed by atoms with Gasteiger partial charge in [-0.05, 0) is 65.6 Å². The number of thiophene rings is 1. The van der Waals surface area contributed by atoms with Crippen LogP contribution in [-0.4, -0.2) is 0 Å². The zero-order valence-electron chi connectivity index (χ0n) is 19.5. The molecule has 0 radical (unpaired) electrons. The highest BCUT2D eigenvalue weighted by Gasteiger charge is 2.30. The van der Waals surface area contributed by atoms with Gasteiger partial charge in [-0.3, -0.25) is 0 Å². The molecule has 0 saturated heterocycles. The van der Waals surface area contributed by atoms with Crippen molar-refractivity contribution in [2.45, 2.75) is 19.3 Å². The first-order valence-electron chi connectivity index (χ1n) is 11.0. The molecule has 1 aromatic heterocycles. The number of alkyl halides is 6. The van der Waals surface area contributed by atoms with Gasteiger partial charge < -0.3 is 0 Å². The van der Waals surface area contributed by atoms with Crippen LogP contribution in [-0.2, 0) is 12.4 Å². The van der Waals surface area contributed by atoms with Gasteiger partial charge in [0.25, 0.3) is 0 Å². The molecule has 3 aromatic carbocycles. The van der Waals surface area contributed by atoms with E-state index in [1.54, 1.807) is 0 Å². The van der Waals surface area contributed by atoms with Crippen molar-refractivity contribution in [3.8, 4) is 20.9 Å². The molecular formula is C29H20F6S2. The molecule has 1 heterocycles. The minimum Gasteiger partial charge on any atom is -0.166 e. The molecule has 0 aliphatic rings. The fourth-order valence-corrected chi connectivity index (χ4v) is 5.50. The lowest BCUT2D eigenvalue weighted by molar-refractivity contribution is -0.138. The highest BCUT2D eigenvalue weighted by molar-refractivity contribution is 8.16. The molecule has 0 saturated carbocycles. The third kappa shape index (κ3) is 6.37. The molecular weight excluding hydrogens is 526 g/mol. The van der Waals surface area contributed by atoms with E-state index in [4.69, 9.17) is 0 Å². The highest BCUT2D eigenvalue weighted by Crippen LogP contribution is 2.41. The number of thioether (sulfide) groups is 1. The Kier molecular flexibility index (Phi) is 7.71. The number of hydrogen-bond acceptors (Lipinski definition) is 2. The van der Waals surface area contributed by atoms with Gasteiger partial charge in [-0.25, -0.2) is 0 Å². The van der Waals surface area contributed by atoms with Gasteiger partial charge in [-0.2, -0.15) is 26.3 Å². The summed E-state index contributed by atoms with van der Waals surface area (Å²) < 4.78 is 77.0. The average molecular weight is 547 g/mol. The second-order valence-corrected chi connectivity index (χ2v) is 10.3. The number of rotatable bonds is 6. The summed E-state index contributed by atoms with van der Waals surface area (Å²) in [5.41, 5.74) is 1.85. The van der Waals surface area contributed by atoms with Crippen LogP contribution in [0.3, 0.4) is 0 Å². The van der Waals surface area contributed by atoms with E-state index in [0.29, 0.717) is 10.5 Å². The quantitative estimate of drug-likeness (QED) is 0.217. The van der Waals surface area contributed by atoms with E-state index in [9.17, 15) is 26.3 Å². The molecule has 0 N–H and O–H groups in total. The van der Waals surface area contributed by atoms with E-state index in [1.807, 2.05) is 49.4 Å². The van der Waals surface area contributed by atoms with Gasteiger partial charge in [0, 0.05) is 19.6 Å². The van der Waals surface area contributed by atoms with Crippen LogP contribution in [0.25, 0.3) is 30.7 Å². The van der Waals surface area contributed by atoms with Gasteiger partial charge in [0.2, 0.25) is 0 Å². The van der Waals surface area contributed by atoms with E-state index in [1.165, 1.54) is 47.4 Å². The minimum absolute atomic E-state index is 0.614. The summed E-state index contributed by atoms with van der Waals surface area (Å²) in [5.74, 6) is 0. The molecule has 0 aliphatic heterocycles. The monoisotopic (exact) mass is 546 g/mol. The molecule has 190 valence electrons. The number of halogens is 6. The zero-order valence-corrected chi connectivity index (χ0v) is 21.1. The fraction of sp³-hybridized carbons (Fsp3) is 0.103. The van der Waals surface area contributed by atoms with Crippen LogP contribution in [0.1, 0.15) is 29.2 Å². The predicted octanol–water partition coefficient (Wildman–Crippen LogP) is 10.9. The Bertz CT molecular complexity index is 1410. The van der Waals surface area contributed by atoms with Crippen LogP contribution in [0.4, 0.5) is 26.3 Å². The Morgan fingerprint density at radius 2 is 1.05 bits per heavy atom. The summed E-state index contributed by atoms with van der Waals surface area (Å²) in [6.45, 7) is 5.91. The Hall–Kier alpha value is -3.23. The van der Waals surface area contributed by atoms with Crippen molar-refractivity contribution in [3.05, 3.63) is 120 Å². The summed E-state index contributed by atoms with van der Waals surface area (Å²) in [7, 11) is 0. The third-order valence-corrected chi connectivity index (χ3v) is 7.94. The molecule has 0 bridgehead atoms. The van der Waals surface area contributed by atoms with Crippen molar-refractivity contribution in [1.82, 2.24) is 0 Å².